The molecule has 16 heavy (non-hydrogen) atoms. The van der Waals surface area contributed by atoms with E-state index in [1.54, 1.807) is 6.92 Å². The number of nitrogens with one attached hydrogen (secondary N) is 1. The number of aliphatic hydroxyl groups is 1. The number of hydrogen-bond donors (Lipinski definition) is 3. The van der Waals surface area contributed by atoms with E-state index in [4.69, 9.17) is 10.8 Å². The zero-order valence-corrected chi connectivity index (χ0v) is 10.0. The number of nitrogen functional groups attached to an aromatic ring is 1. The fourth-order valence-corrected chi connectivity index (χ4v) is 1.84. The summed E-state index contributed by atoms with van der Waals surface area (Å²) in [5.74, 6) is -0.345. The first-order valence-electron chi connectivity index (χ1n) is 4.81. The van der Waals surface area contributed by atoms with Crippen LogP contribution in [-0.4, -0.2) is 35.2 Å². The zero-order valence-electron chi connectivity index (χ0n) is 9.19. The largest absolute Gasteiger partial charge is 0.465 e. The van der Waals surface area contributed by atoms with Gasteiger partial charge in [-0.15, -0.1) is 0 Å². The molecule has 0 radical (unpaired) electrons. The number of carbonyl (C=O) groups excluding carboxylic acids is 1. The van der Waals surface area contributed by atoms with Gasteiger partial charge in [0.05, 0.1) is 13.2 Å². The third kappa shape index (κ3) is 3.07. The number of nitrogens with zero attached hydrogens (tertiary/aromatic N) is 1. The monoisotopic (exact) mass is 245 g/mol. The number of nitrogens with two attached hydrogens (primary N) is 1. The molecule has 1 atom stereocenters. The van der Waals surface area contributed by atoms with Crippen LogP contribution in [0.15, 0.2) is 0 Å². The number of carbonyl (C=O) groups is 1. The van der Waals surface area contributed by atoms with Crippen LogP contribution in [0.25, 0.3) is 0 Å². The van der Waals surface area contributed by atoms with Crippen LogP contribution in [0.5, 0.6) is 0 Å². The molecule has 1 aromatic rings. The predicted molar refractivity (Wildman–Crippen MR) is 62.7 cm³/mol. The quantitative estimate of drug-likeness (QED) is 0.660. The molecule has 0 aliphatic heterocycles. The van der Waals surface area contributed by atoms with Gasteiger partial charge in [-0.1, -0.05) is 0 Å². The maximum atomic E-state index is 11.4. The number of anilines is 2. The van der Waals surface area contributed by atoms with E-state index in [1.807, 2.05) is 0 Å². The molecule has 7 heteroatoms. The maximum absolute atomic E-state index is 11.4. The molecule has 0 saturated heterocycles. The number of methoxy groups -OCH3 is 1. The third-order valence-electron chi connectivity index (χ3n) is 1.96. The fraction of sp³-hybridized carbons (Fsp3) is 0.556. The smallest absolute Gasteiger partial charge is 0.344 e. The lowest BCUT2D eigenvalue weighted by atomic mass is 10.3. The minimum absolute atomic E-state index is 0.163. The van der Waals surface area contributed by atoms with Gasteiger partial charge < -0.3 is 20.9 Å². The standard InChI is InChI=1S/C9H15N3O3S/c1-5(13)3-4-11-8-6(9(14)15-2)7(10)12-16-8/h5,11,13H,3-4H2,1-2H3,(H2,10,12). The summed E-state index contributed by atoms with van der Waals surface area (Å²) < 4.78 is 8.48. The average Bonchev–Trinajstić information content (AvgIpc) is 2.58. The summed E-state index contributed by atoms with van der Waals surface area (Å²) in [6, 6.07) is 0. The minimum Gasteiger partial charge on any atom is -0.465 e. The summed E-state index contributed by atoms with van der Waals surface area (Å²) in [5.41, 5.74) is 5.82. The molecule has 1 aromatic heterocycles. The van der Waals surface area contributed by atoms with E-state index in [9.17, 15) is 4.79 Å². The van der Waals surface area contributed by atoms with E-state index in [2.05, 4.69) is 14.4 Å². The highest BCUT2D eigenvalue weighted by Crippen LogP contribution is 2.27. The van der Waals surface area contributed by atoms with E-state index in [0.29, 0.717) is 18.0 Å². The molecular formula is C9H15N3O3S. The van der Waals surface area contributed by atoms with Gasteiger partial charge in [0, 0.05) is 6.54 Å². The Hall–Kier alpha value is -1.34. The molecule has 90 valence electrons. The molecule has 0 bridgehead atoms. The number of ether oxygens (including phenoxy) is 1. The van der Waals surface area contributed by atoms with E-state index in [0.717, 1.165) is 11.5 Å². The summed E-state index contributed by atoms with van der Waals surface area (Å²) in [5, 5.41) is 12.7. The van der Waals surface area contributed by atoms with Crippen molar-refractivity contribution < 1.29 is 14.6 Å². The molecule has 0 aromatic carbocycles. The molecule has 4 N–H and O–H groups in total. The fourth-order valence-electron chi connectivity index (χ4n) is 1.12. The van der Waals surface area contributed by atoms with Crippen LogP contribution in [0.1, 0.15) is 23.7 Å². The molecule has 6 nitrogen and oxygen atoms in total. The Kier molecular flexibility index (Phi) is 4.51. The molecular weight excluding hydrogens is 230 g/mol. The van der Waals surface area contributed by atoms with Crippen LogP contribution in [0.2, 0.25) is 0 Å². The van der Waals surface area contributed by atoms with Crippen LogP contribution in [-0.2, 0) is 4.74 Å². The Morgan fingerprint density at radius 1 is 1.75 bits per heavy atom. The van der Waals surface area contributed by atoms with Gasteiger partial charge in [0.25, 0.3) is 0 Å². The van der Waals surface area contributed by atoms with E-state index in [1.165, 1.54) is 7.11 Å². The van der Waals surface area contributed by atoms with Gasteiger partial charge in [0.2, 0.25) is 0 Å². The molecule has 1 heterocycles. The van der Waals surface area contributed by atoms with Gasteiger partial charge in [0.15, 0.2) is 5.82 Å². The third-order valence-corrected chi connectivity index (χ3v) is 2.77. The SMILES string of the molecule is COC(=O)c1c(N)nsc1NCCC(C)O. The van der Waals surface area contributed by atoms with E-state index < -0.39 is 5.97 Å². The van der Waals surface area contributed by atoms with Crippen molar-refractivity contribution >= 4 is 28.3 Å². The van der Waals surface area contributed by atoms with Crippen LogP contribution in [0, 0.1) is 0 Å². The molecule has 0 spiro atoms. The summed E-state index contributed by atoms with van der Waals surface area (Å²) in [4.78, 5) is 11.4. The maximum Gasteiger partial charge on any atom is 0.344 e. The Morgan fingerprint density at radius 3 is 3.00 bits per heavy atom. The molecule has 1 unspecified atom stereocenters. The highest BCUT2D eigenvalue weighted by molar-refractivity contribution is 7.11. The van der Waals surface area contributed by atoms with Crippen molar-refractivity contribution in [3.8, 4) is 0 Å². The lowest BCUT2D eigenvalue weighted by molar-refractivity contribution is 0.0603. The molecule has 0 aliphatic carbocycles. The molecule has 0 saturated carbocycles. The topological polar surface area (TPSA) is 97.5 Å². The Morgan fingerprint density at radius 2 is 2.44 bits per heavy atom. The highest BCUT2D eigenvalue weighted by atomic mass is 32.1. The van der Waals surface area contributed by atoms with Crippen molar-refractivity contribution in [1.82, 2.24) is 4.37 Å². The Bertz CT molecular complexity index is 365. The van der Waals surface area contributed by atoms with Crippen molar-refractivity contribution in [2.75, 3.05) is 24.7 Å². The van der Waals surface area contributed by atoms with Crippen molar-refractivity contribution in [3.05, 3.63) is 5.56 Å². The van der Waals surface area contributed by atoms with Gasteiger partial charge >= 0.3 is 5.97 Å². The second kappa shape index (κ2) is 5.66. The van der Waals surface area contributed by atoms with E-state index >= 15 is 0 Å². The van der Waals surface area contributed by atoms with Crippen molar-refractivity contribution in [2.24, 2.45) is 0 Å². The van der Waals surface area contributed by atoms with Gasteiger partial charge in [0.1, 0.15) is 10.6 Å². The van der Waals surface area contributed by atoms with E-state index in [-0.39, 0.29) is 17.5 Å². The number of aliphatic hydroxyl groups excluding tert-OH is 1. The van der Waals surface area contributed by atoms with Gasteiger partial charge in [-0.05, 0) is 24.9 Å². The first-order chi connectivity index (χ1) is 7.56. The second-order valence-corrected chi connectivity index (χ2v) is 4.10. The highest BCUT2D eigenvalue weighted by Gasteiger charge is 2.19. The van der Waals surface area contributed by atoms with Gasteiger partial charge in [-0.2, -0.15) is 4.37 Å². The summed E-state index contributed by atoms with van der Waals surface area (Å²) in [7, 11) is 1.29. The van der Waals surface area contributed by atoms with Crippen molar-refractivity contribution in [3.63, 3.8) is 0 Å². The Labute approximate surface area is 97.6 Å². The number of esters is 1. The number of rotatable bonds is 5. The van der Waals surface area contributed by atoms with Gasteiger partial charge in [-0.3, -0.25) is 0 Å². The minimum atomic E-state index is -0.509. The van der Waals surface area contributed by atoms with Gasteiger partial charge in [-0.25, -0.2) is 4.79 Å². The summed E-state index contributed by atoms with van der Waals surface area (Å²) in [6.45, 7) is 2.24. The van der Waals surface area contributed by atoms with Crippen LogP contribution < -0.4 is 11.1 Å². The van der Waals surface area contributed by atoms with Crippen LogP contribution in [0.4, 0.5) is 10.8 Å². The predicted octanol–water partition coefficient (Wildman–Crippen LogP) is 0.695. The summed E-state index contributed by atoms with van der Waals surface area (Å²) >= 11 is 1.10. The van der Waals surface area contributed by atoms with Crippen molar-refractivity contribution in [2.45, 2.75) is 19.4 Å². The first kappa shape index (κ1) is 12.7. The zero-order chi connectivity index (χ0) is 12.1. The molecule has 0 fully saturated rings. The Balaban J connectivity index is 2.69. The summed E-state index contributed by atoms with van der Waals surface area (Å²) in [6.07, 6.45) is 0.192. The van der Waals surface area contributed by atoms with Crippen LogP contribution in [0.3, 0.4) is 0 Å². The first-order valence-corrected chi connectivity index (χ1v) is 5.59. The lowest BCUT2D eigenvalue weighted by Gasteiger charge is -2.07. The second-order valence-electron chi connectivity index (χ2n) is 3.33. The average molecular weight is 245 g/mol. The lowest BCUT2D eigenvalue weighted by Crippen LogP contribution is -2.12. The van der Waals surface area contributed by atoms with Crippen LogP contribution >= 0.6 is 11.5 Å². The molecule has 0 amide bonds. The number of hydrogen-bond acceptors (Lipinski definition) is 7. The number of aromatic nitrogens is 1. The molecule has 1 rings (SSSR count). The van der Waals surface area contributed by atoms with Crippen molar-refractivity contribution in [1.29, 1.82) is 0 Å². The molecule has 0 aliphatic rings. The normalized spacial score (nSPS) is 12.2.